The number of rotatable bonds is 4. The van der Waals surface area contributed by atoms with Crippen molar-refractivity contribution in [1.29, 1.82) is 5.26 Å². The molecule has 1 aliphatic rings. The molecule has 1 aliphatic carbocycles. The van der Waals surface area contributed by atoms with E-state index in [2.05, 4.69) is 51.1 Å². The molecule has 0 aliphatic heterocycles. The molecule has 0 atom stereocenters. The Kier molecular flexibility index (Phi) is 4.84. The molecule has 2 rings (SSSR count). The normalized spacial score (nSPS) is 20.6. The third-order valence-corrected chi connectivity index (χ3v) is 6.66. The standard InChI is InChI=1S/C17H26N4OS/c1-11-12(2)23-15(21(11)8-9-22-7)20-14(19-10-18)13-16(3,4)17(13,5)6/h13H,8-9H2,1-7H3/b19-14-,20-15-. The van der Waals surface area contributed by atoms with Gasteiger partial charge >= 0.3 is 0 Å². The van der Waals surface area contributed by atoms with Crippen LogP contribution in [-0.4, -0.2) is 24.1 Å². The number of aromatic nitrogens is 1. The third kappa shape index (κ3) is 3.00. The van der Waals surface area contributed by atoms with Crippen molar-refractivity contribution in [2.24, 2.45) is 26.7 Å². The second kappa shape index (κ2) is 6.21. The van der Waals surface area contributed by atoms with Crippen molar-refractivity contribution in [3.8, 4) is 6.19 Å². The fourth-order valence-corrected chi connectivity index (χ4v) is 4.28. The smallest absolute Gasteiger partial charge is 0.207 e. The van der Waals surface area contributed by atoms with Gasteiger partial charge in [0, 0.05) is 30.1 Å². The minimum Gasteiger partial charge on any atom is -0.383 e. The molecule has 0 N–H and O–H groups in total. The minimum atomic E-state index is 0.102. The Labute approximate surface area is 142 Å². The summed E-state index contributed by atoms with van der Waals surface area (Å²) < 4.78 is 7.35. The molecule has 0 radical (unpaired) electrons. The molecule has 0 saturated heterocycles. The molecule has 5 nitrogen and oxygen atoms in total. The molecule has 1 aromatic heterocycles. The van der Waals surface area contributed by atoms with Gasteiger partial charge in [0.15, 0.2) is 4.80 Å². The quantitative estimate of drug-likeness (QED) is 0.482. The molecular formula is C17H26N4OS. The van der Waals surface area contributed by atoms with E-state index in [1.165, 1.54) is 10.6 Å². The number of nitrogens with zero attached hydrogens (tertiary/aromatic N) is 4. The average molecular weight is 334 g/mol. The minimum absolute atomic E-state index is 0.102. The van der Waals surface area contributed by atoms with E-state index in [0.29, 0.717) is 12.4 Å². The van der Waals surface area contributed by atoms with Crippen molar-refractivity contribution in [1.82, 2.24) is 4.57 Å². The van der Waals surface area contributed by atoms with Crippen molar-refractivity contribution in [3.63, 3.8) is 0 Å². The van der Waals surface area contributed by atoms with Gasteiger partial charge in [0.1, 0.15) is 5.84 Å². The van der Waals surface area contributed by atoms with E-state index in [0.717, 1.165) is 11.3 Å². The first-order chi connectivity index (χ1) is 10.7. The summed E-state index contributed by atoms with van der Waals surface area (Å²) in [6.45, 7) is 14.4. The first-order valence-electron chi connectivity index (χ1n) is 7.85. The van der Waals surface area contributed by atoms with E-state index in [-0.39, 0.29) is 16.7 Å². The summed E-state index contributed by atoms with van der Waals surface area (Å²) in [6, 6.07) is 0. The molecule has 1 heterocycles. The number of aryl methyl sites for hydroxylation is 1. The van der Waals surface area contributed by atoms with Crippen molar-refractivity contribution in [2.45, 2.75) is 48.1 Å². The highest BCUT2D eigenvalue weighted by atomic mass is 32.1. The van der Waals surface area contributed by atoms with Crippen LogP contribution in [0.4, 0.5) is 0 Å². The van der Waals surface area contributed by atoms with Gasteiger partial charge in [0.2, 0.25) is 6.19 Å². The van der Waals surface area contributed by atoms with Crippen LogP contribution in [0, 0.1) is 42.1 Å². The first-order valence-corrected chi connectivity index (χ1v) is 8.67. The second-order valence-corrected chi connectivity index (χ2v) is 8.41. The maximum absolute atomic E-state index is 9.08. The summed E-state index contributed by atoms with van der Waals surface area (Å²) >= 11 is 1.64. The van der Waals surface area contributed by atoms with Crippen LogP contribution >= 0.6 is 11.3 Å². The summed E-state index contributed by atoms with van der Waals surface area (Å²) in [5.74, 6) is 0.850. The van der Waals surface area contributed by atoms with E-state index in [1.54, 1.807) is 18.4 Å². The zero-order valence-corrected chi connectivity index (χ0v) is 15.9. The van der Waals surface area contributed by atoms with Crippen molar-refractivity contribution < 1.29 is 4.74 Å². The van der Waals surface area contributed by atoms with Gasteiger partial charge in [-0.3, -0.25) is 0 Å². The highest BCUT2D eigenvalue weighted by molar-refractivity contribution is 7.09. The average Bonchev–Trinajstić information content (AvgIpc) is 2.71. The number of hydrogen-bond donors (Lipinski definition) is 0. The number of methoxy groups -OCH3 is 1. The van der Waals surface area contributed by atoms with E-state index >= 15 is 0 Å². The monoisotopic (exact) mass is 334 g/mol. The zero-order chi connectivity index (χ0) is 17.4. The maximum Gasteiger partial charge on any atom is 0.207 e. The van der Waals surface area contributed by atoms with Crippen LogP contribution in [0.15, 0.2) is 9.98 Å². The Hall–Kier alpha value is -1.45. The summed E-state index contributed by atoms with van der Waals surface area (Å²) in [4.78, 5) is 11.0. The lowest BCUT2D eigenvalue weighted by Gasteiger charge is -2.06. The van der Waals surface area contributed by atoms with Gasteiger partial charge in [-0.2, -0.15) is 10.3 Å². The van der Waals surface area contributed by atoms with Crippen molar-refractivity contribution in [2.75, 3.05) is 13.7 Å². The molecule has 1 fully saturated rings. The Balaban J connectivity index is 2.49. The molecule has 0 aromatic carbocycles. The van der Waals surface area contributed by atoms with Crippen LogP contribution in [0.25, 0.3) is 0 Å². The second-order valence-electron chi connectivity index (χ2n) is 7.23. The molecule has 126 valence electrons. The number of thiazole rings is 1. The highest BCUT2D eigenvalue weighted by Gasteiger charge is 2.67. The summed E-state index contributed by atoms with van der Waals surface area (Å²) in [5, 5.41) is 9.08. The summed E-state index contributed by atoms with van der Waals surface area (Å²) in [6.07, 6.45) is 1.93. The Morgan fingerprint density at radius 2 is 1.91 bits per heavy atom. The van der Waals surface area contributed by atoms with Gasteiger partial charge < -0.3 is 9.30 Å². The van der Waals surface area contributed by atoms with Crippen LogP contribution in [0.2, 0.25) is 0 Å². The Bertz CT molecular complexity index is 717. The fourth-order valence-electron chi connectivity index (χ4n) is 3.27. The lowest BCUT2D eigenvalue weighted by atomic mass is 10.0. The number of hydrogen-bond acceptors (Lipinski definition) is 4. The van der Waals surface area contributed by atoms with Gasteiger partial charge in [-0.05, 0) is 24.7 Å². The summed E-state index contributed by atoms with van der Waals surface area (Å²) in [5.41, 5.74) is 1.40. The maximum atomic E-state index is 9.08. The first kappa shape index (κ1) is 17.9. The summed E-state index contributed by atoms with van der Waals surface area (Å²) in [7, 11) is 1.70. The molecule has 23 heavy (non-hydrogen) atoms. The third-order valence-electron chi connectivity index (χ3n) is 5.56. The highest BCUT2D eigenvalue weighted by Crippen LogP contribution is 2.68. The number of amidine groups is 1. The zero-order valence-electron chi connectivity index (χ0n) is 15.1. The van der Waals surface area contributed by atoms with E-state index < -0.39 is 0 Å². The van der Waals surface area contributed by atoms with E-state index in [9.17, 15) is 0 Å². The predicted molar refractivity (Wildman–Crippen MR) is 93.3 cm³/mol. The van der Waals surface area contributed by atoms with Gasteiger partial charge in [0.05, 0.1) is 6.61 Å². The number of aliphatic imine (C=N–C) groups is 1. The molecule has 0 unspecified atom stereocenters. The molecule has 0 spiro atoms. The molecule has 1 saturated carbocycles. The van der Waals surface area contributed by atoms with Crippen LogP contribution in [0.3, 0.4) is 0 Å². The van der Waals surface area contributed by atoms with E-state index in [4.69, 9.17) is 15.0 Å². The molecular weight excluding hydrogens is 308 g/mol. The topological polar surface area (TPSA) is 62.7 Å². The van der Waals surface area contributed by atoms with Crippen molar-refractivity contribution >= 4 is 17.2 Å². The largest absolute Gasteiger partial charge is 0.383 e. The van der Waals surface area contributed by atoms with Crippen LogP contribution < -0.4 is 4.80 Å². The SMILES string of the molecule is COCCn1c(C)c(C)s/c1=N\C(=N/C#N)C1C(C)(C)C1(C)C. The molecule has 6 heteroatoms. The van der Waals surface area contributed by atoms with Gasteiger partial charge in [-0.1, -0.05) is 27.7 Å². The van der Waals surface area contributed by atoms with Gasteiger partial charge in [0.25, 0.3) is 0 Å². The van der Waals surface area contributed by atoms with Gasteiger partial charge in [-0.25, -0.2) is 4.99 Å². The van der Waals surface area contributed by atoms with Crippen LogP contribution in [0.1, 0.15) is 38.3 Å². The lowest BCUT2D eigenvalue weighted by Crippen LogP contribution is -2.21. The lowest BCUT2D eigenvalue weighted by molar-refractivity contribution is 0.186. The fraction of sp³-hybridized carbons (Fsp3) is 0.706. The van der Waals surface area contributed by atoms with E-state index in [1.807, 2.05) is 6.19 Å². The Morgan fingerprint density at radius 3 is 2.39 bits per heavy atom. The Morgan fingerprint density at radius 1 is 1.30 bits per heavy atom. The van der Waals surface area contributed by atoms with Crippen molar-refractivity contribution in [3.05, 3.63) is 15.4 Å². The molecule has 0 bridgehead atoms. The number of ether oxygens (including phenoxy) is 1. The van der Waals surface area contributed by atoms with Crippen LogP contribution in [0.5, 0.6) is 0 Å². The van der Waals surface area contributed by atoms with Crippen LogP contribution in [-0.2, 0) is 11.3 Å². The molecule has 0 amide bonds. The molecule has 1 aromatic rings. The number of nitriles is 1. The van der Waals surface area contributed by atoms with Gasteiger partial charge in [-0.15, -0.1) is 11.3 Å². The predicted octanol–water partition coefficient (Wildman–Crippen LogP) is 3.28.